The number of aromatic nitrogens is 2. The zero-order valence-electron chi connectivity index (χ0n) is 14.1. The molecule has 0 aliphatic heterocycles. The Labute approximate surface area is 145 Å². The van der Waals surface area contributed by atoms with Gasteiger partial charge in [0.1, 0.15) is 11.5 Å². The van der Waals surface area contributed by atoms with Crippen molar-refractivity contribution in [3.05, 3.63) is 35.9 Å². The van der Waals surface area contributed by atoms with Crippen LogP contribution in [0, 0.1) is 11.8 Å². The summed E-state index contributed by atoms with van der Waals surface area (Å²) in [6, 6.07) is 5.37. The van der Waals surface area contributed by atoms with Gasteiger partial charge >= 0.3 is 0 Å². The maximum Gasteiger partial charge on any atom is 0.196 e. The van der Waals surface area contributed by atoms with E-state index >= 15 is 0 Å². The van der Waals surface area contributed by atoms with E-state index in [2.05, 4.69) is 15.3 Å². The number of aryl methyl sites for hydroxylation is 1. The monoisotopic (exact) mass is 340 g/mol. The number of carbonyl (C=O) groups excluding carboxylic acids is 1. The van der Waals surface area contributed by atoms with Crippen LogP contribution in [-0.4, -0.2) is 20.7 Å². The number of hydrogen-bond donors (Lipinski definition) is 1. The third-order valence-electron chi connectivity index (χ3n) is 5.10. The van der Waals surface area contributed by atoms with Crippen molar-refractivity contribution in [1.29, 1.82) is 0 Å². The first-order chi connectivity index (χ1) is 12.1. The van der Waals surface area contributed by atoms with Gasteiger partial charge in [0.25, 0.3) is 0 Å². The maximum absolute atomic E-state index is 12.6. The standard InChI is InChI=1S/C18H20N4O3/c1-22-13(15-7-4-8-25-15)10-16(21-22)19-20-17-14(23)9-11-5-2-3-6-12(11)18(17)24/h4,7-8,10-12,23H,2-3,5-6,9H2,1H3. The van der Waals surface area contributed by atoms with Crippen LogP contribution >= 0.6 is 0 Å². The Bertz CT molecular complexity index is 848. The molecule has 7 nitrogen and oxygen atoms in total. The van der Waals surface area contributed by atoms with Gasteiger partial charge in [-0.05, 0) is 30.9 Å². The smallest absolute Gasteiger partial charge is 0.196 e. The molecule has 0 amide bonds. The largest absolute Gasteiger partial charge is 0.510 e. The number of hydrogen-bond acceptors (Lipinski definition) is 6. The summed E-state index contributed by atoms with van der Waals surface area (Å²) in [6.07, 6.45) is 6.17. The fraction of sp³-hybridized carbons (Fsp3) is 0.444. The van der Waals surface area contributed by atoms with E-state index in [1.807, 2.05) is 6.07 Å². The topological polar surface area (TPSA) is 93.0 Å². The van der Waals surface area contributed by atoms with Crippen molar-refractivity contribution in [2.24, 2.45) is 29.1 Å². The van der Waals surface area contributed by atoms with E-state index in [1.54, 1.807) is 30.1 Å². The lowest BCUT2D eigenvalue weighted by molar-refractivity contribution is -0.123. The first-order valence-electron chi connectivity index (χ1n) is 8.59. The highest BCUT2D eigenvalue weighted by Gasteiger charge is 2.39. The molecule has 1 N–H and O–H groups in total. The van der Waals surface area contributed by atoms with Crippen LogP contribution < -0.4 is 0 Å². The molecule has 25 heavy (non-hydrogen) atoms. The van der Waals surface area contributed by atoms with E-state index in [0.29, 0.717) is 18.0 Å². The van der Waals surface area contributed by atoms with Crippen LogP contribution in [0.4, 0.5) is 5.82 Å². The highest BCUT2D eigenvalue weighted by atomic mass is 16.3. The third kappa shape index (κ3) is 2.90. The number of ketones is 1. The minimum Gasteiger partial charge on any atom is -0.510 e. The van der Waals surface area contributed by atoms with Gasteiger partial charge in [-0.25, -0.2) is 0 Å². The molecular formula is C18H20N4O3. The van der Waals surface area contributed by atoms with Gasteiger partial charge in [-0.15, -0.1) is 10.2 Å². The second kappa shape index (κ2) is 6.31. The molecule has 1 saturated carbocycles. The molecule has 2 aliphatic rings. The van der Waals surface area contributed by atoms with Crippen LogP contribution in [0.1, 0.15) is 32.1 Å². The lowest BCUT2D eigenvalue weighted by Crippen LogP contribution is -2.32. The number of nitrogens with zero attached hydrogens (tertiary/aromatic N) is 4. The molecule has 2 unspecified atom stereocenters. The van der Waals surface area contributed by atoms with Crippen molar-refractivity contribution in [3.8, 4) is 11.5 Å². The molecule has 0 saturated heterocycles. The lowest BCUT2D eigenvalue weighted by Gasteiger charge is -2.33. The molecule has 2 aromatic heterocycles. The molecule has 0 spiro atoms. The molecule has 130 valence electrons. The number of azo groups is 1. The predicted molar refractivity (Wildman–Crippen MR) is 90.2 cm³/mol. The second-order valence-electron chi connectivity index (χ2n) is 6.70. The summed E-state index contributed by atoms with van der Waals surface area (Å²) in [5, 5.41) is 22.6. The van der Waals surface area contributed by atoms with Crippen LogP contribution in [0.3, 0.4) is 0 Å². The average Bonchev–Trinajstić information content (AvgIpc) is 3.24. The summed E-state index contributed by atoms with van der Waals surface area (Å²) in [5.74, 6) is 1.24. The van der Waals surface area contributed by atoms with Crippen molar-refractivity contribution >= 4 is 11.6 Å². The van der Waals surface area contributed by atoms with E-state index in [9.17, 15) is 9.90 Å². The minimum absolute atomic E-state index is 0.0268. The van der Waals surface area contributed by atoms with Gasteiger partial charge in [-0.1, -0.05) is 12.8 Å². The molecule has 7 heteroatoms. The normalized spacial score (nSPS) is 24.1. The van der Waals surface area contributed by atoms with Crippen LogP contribution in [0.15, 0.2) is 50.6 Å². The van der Waals surface area contributed by atoms with Crippen LogP contribution in [0.25, 0.3) is 11.5 Å². The van der Waals surface area contributed by atoms with E-state index in [1.165, 1.54) is 0 Å². The zero-order chi connectivity index (χ0) is 17.4. The number of allylic oxidation sites excluding steroid dienone is 2. The number of carbonyl (C=O) groups is 1. The van der Waals surface area contributed by atoms with Crippen molar-refractivity contribution in [2.75, 3.05) is 0 Å². The molecule has 2 atom stereocenters. The third-order valence-corrected chi connectivity index (χ3v) is 5.10. The zero-order valence-corrected chi connectivity index (χ0v) is 14.1. The summed E-state index contributed by atoms with van der Waals surface area (Å²) in [7, 11) is 1.78. The van der Waals surface area contributed by atoms with E-state index in [-0.39, 0.29) is 29.1 Å². The number of aliphatic hydroxyl groups is 1. The molecule has 4 rings (SSSR count). The van der Waals surface area contributed by atoms with Gasteiger partial charge in [0.15, 0.2) is 23.1 Å². The maximum atomic E-state index is 12.6. The fourth-order valence-electron chi connectivity index (χ4n) is 3.82. The summed E-state index contributed by atoms with van der Waals surface area (Å²) in [4.78, 5) is 12.6. The van der Waals surface area contributed by atoms with Gasteiger partial charge in [0.05, 0.1) is 6.26 Å². The number of fused-ring (bicyclic) bond motifs is 1. The number of Topliss-reactive ketones (excluding diaryl/α,β-unsaturated/α-hetero) is 1. The number of rotatable bonds is 3. The Morgan fingerprint density at radius 1 is 1.32 bits per heavy atom. The van der Waals surface area contributed by atoms with Crippen molar-refractivity contribution in [3.63, 3.8) is 0 Å². The molecule has 0 radical (unpaired) electrons. The first-order valence-corrected chi connectivity index (χ1v) is 8.59. The Balaban J connectivity index is 1.59. The molecule has 1 fully saturated rings. The Kier molecular flexibility index (Phi) is 3.99. The molecule has 0 aromatic carbocycles. The molecular weight excluding hydrogens is 320 g/mol. The van der Waals surface area contributed by atoms with Gasteiger partial charge in [-0.3, -0.25) is 9.48 Å². The van der Waals surface area contributed by atoms with E-state index < -0.39 is 0 Å². The first kappa shape index (κ1) is 15.8. The Hall–Kier alpha value is -2.70. The van der Waals surface area contributed by atoms with Crippen LogP contribution in [0.2, 0.25) is 0 Å². The highest BCUT2D eigenvalue weighted by molar-refractivity contribution is 5.98. The average molecular weight is 340 g/mol. The Morgan fingerprint density at radius 2 is 2.16 bits per heavy atom. The van der Waals surface area contributed by atoms with Crippen molar-refractivity contribution in [2.45, 2.75) is 32.1 Å². The summed E-state index contributed by atoms with van der Waals surface area (Å²) < 4.78 is 7.01. The van der Waals surface area contributed by atoms with Gasteiger partial charge < -0.3 is 9.52 Å². The molecule has 2 aromatic rings. The predicted octanol–water partition coefficient (Wildman–Crippen LogP) is 4.31. The van der Waals surface area contributed by atoms with E-state index in [0.717, 1.165) is 31.4 Å². The second-order valence-corrected chi connectivity index (χ2v) is 6.70. The number of aliphatic hydroxyl groups excluding tert-OH is 1. The van der Waals surface area contributed by atoms with Gasteiger partial charge in [0, 0.05) is 25.5 Å². The molecule has 2 aliphatic carbocycles. The van der Waals surface area contributed by atoms with Crippen LogP contribution in [0.5, 0.6) is 0 Å². The van der Waals surface area contributed by atoms with E-state index in [4.69, 9.17) is 4.42 Å². The summed E-state index contributed by atoms with van der Waals surface area (Å²) in [5.41, 5.74) is 0.854. The van der Waals surface area contributed by atoms with Gasteiger partial charge in [0.2, 0.25) is 0 Å². The Morgan fingerprint density at radius 3 is 2.96 bits per heavy atom. The summed E-state index contributed by atoms with van der Waals surface area (Å²) >= 11 is 0. The molecule has 0 bridgehead atoms. The summed E-state index contributed by atoms with van der Waals surface area (Å²) in [6.45, 7) is 0. The van der Waals surface area contributed by atoms with Gasteiger partial charge in [-0.2, -0.15) is 5.10 Å². The van der Waals surface area contributed by atoms with Crippen LogP contribution in [-0.2, 0) is 11.8 Å². The minimum atomic E-state index is -0.0839. The van der Waals surface area contributed by atoms with Crippen molar-refractivity contribution < 1.29 is 14.3 Å². The highest BCUT2D eigenvalue weighted by Crippen LogP contribution is 2.40. The van der Waals surface area contributed by atoms with Crippen molar-refractivity contribution in [1.82, 2.24) is 9.78 Å². The fourth-order valence-corrected chi connectivity index (χ4v) is 3.82. The SMILES string of the molecule is Cn1nc(N=NC2=C(O)CC3CCCCC3C2=O)cc1-c1ccco1. The number of furan rings is 1. The molecule has 2 heterocycles. The lowest BCUT2D eigenvalue weighted by atomic mass is 9.71. The quantitative estimate of drug-likeness (QED) is 0.842.